The zero-order valence-electron chi connectivity index (χ0n) is 14.4. The summed E-state index contributed by atoms with van der Waals surface area (Å²) in [6.45, 7) is 1.24. The van der Waals surface area contributed by atoms with Crippen LogP contribution in [0, 0.1) is 5.82 Å². The number of amides is 1. The number of carbonyl (C=O) groups is 1. The first-order chi connectivity index (χ1) is 13.1. The van der Waals surface area contributed by atoms with Gasteiger partial charge in [0.2, 0.25) is 0 Å². The summed E-state index contributed by atoms with van der Waals surface area (Å²) in [5.41, 5.74) is 3.35. The molecule has 4 rings (SSSR count). The quantitative estimate of drug-likeness (QED) is 0.672. The molecule has 27 heavy (non-hydrogen) atoms. The van der Waals surface area contributed by atoms with Crippen LogP contribution in [0.1, 0.15) is 21.6 Å². The van der Waals surface area contributed by atoms with Gasteiger partial charge in [-0.1, -0.05) is 12.1 Å². The minimum absolute atomic E-state index is 0.257. The van der Waals surface area contributed by atoms with Gasteiger partial charge in [-0.3, -0.25) is 4.79 Å². The summed E-state index contributed by atoms with van der Waals surface area (Å²) in [6.07, 6.45) is 3.35. The van der Waals surface area contributed by atoms with Crippen LogP contribution in [0.4, 0.5) is 4.39 Å². The van der Waals surface area contributed by atoms with Crippen LogP contribution in [0.3, 0.4) is 0 Å². The molecule has 0 aliphatic carbocycles. The van der Waals surface area contributed by atoms with Gasteiger partial charge in [-0.05, 0) is 63.8 Å². The highest BCUT2D eigenvalue weighted by Gasteiger charge is 2.16. The molecule has 1 aliphatic heterocycles. The van der Waals surface area contributed by atoms with Crippen molar-refractivity contribution in [2.45, 2.75) is 12.8 Å². The minimum Gasteiger partial charge on any atom is -0.493 e. The Morgan fingerprint density at radius 3 is 2.89 bits per heavy atom. The van der Waals surface area contributed by atoms with Gasteiger partial charge in [0.1, 0.15) is 11.6 Å². The van der Waals surface area contributed by atoms with E-state index in [-0.39, 0.29) is 11.7 Å². The Morgan fingerprint density at radius 2 is 2.07 bits per heavy atom. The Bertz CT molecular complexity index is 985. The number of hydrogen-bond acceptors (Lipinski definition) is 3. The van der Waals surface area contributed by atoms with Gasteiger partial charge in [0.25, 0.3) is 5.91 Å². The Morgan fingerprint density at radius 1 is 1.26 bits per heavy atom. The number of hydrogen-bond donors (Lipinski definition) is 1. The monoisotopic (exact) mass is 429 g/mol. The molecule has 0 bridgehead atoms. The Hall–Kier alpha value is -2.67. The fourth-order valence-electron chi connectivity index (χ4n) is 3.03. The number of nitrogens with one attached hydrogen (secondary N) is 1. The third-order valence-corrected chi connectivity index (χ3v) is 5.01. The molecule has 1 aromatic heterocycles. The molecule has 138 valence electrons. The van der Waals surface area contributed by atoms with E-state index in [0.717, 1.165) is 30.8 Å². The van der Waals surface area contributed by atoms with E-state index in [9.17, 15) is 9.18 Å². The van der Waals surface area contributed by atoms with E-state index in [2.05, 4.69) is 32.4 Å². The number of nitrogens with zero attached hydrogens (tertiary/aromatic N) is 2. The van der Waals surface area contributed by atoms with Crippen molar-refractivity contribution in [3.63, 3.8) is 0 Å². The highest BCUT2D eigenvalue weighted by atomic mass is 79.9. The van der Waals surface area contributed by atoms with Gasteiger partial charge in [-0.15, -0.1) is 0 Å². The lowest BCUT2D eigenvalue weighted by Crippen LogP contribution is -2.26. The second kappa shape index (κ2) is 7.52. The molecule has 0 saturated carbocycles. The van der Waals surface area contributed by atoms with Gasteiger partial charge in [-0.2, -0.15) is 5.10 Å². The number of benzene rings is 2. The molecule has 7 heteroatoms. The smallest absolute Gasteiger partial charge is 0.272 e. The van der Waals surface area contributed by atoms with Crippen molar-refractivity contribution in [2.75, 3.05) is 13.2 Å². The van der Waals surface area contributed by atoms with E-state index in [4.69, 9.17) is 4.74 Å². The molecular formula is C20H17BrFN3O2. The van der Waals surface area contributed by atoms with E-state index >= 15 is 0 Å². The highest BCUT2D eigenvalue weighted by Crippen LogP contribution is 2.26. The van der Waals surface area contributed by atoms with Crippen LogP contribution in [0.25, 0.3) is 5.69 Å². The molecule has 1 amide bonds. The van der Waals surface area contributed by atoms with Gasteiger partial charge >= 0.3 is 0 Å². The van der Waals surface area contributed by atoms with Gasteiger partial charge in [0, 0.05) is 19.2 Å². The molecule has 0 radical (unpaired) electrons. The zero-order chi connectivity index (χ0) is 18.8. The van der Waals surface area contributed by atoms with Crippen molar-refractivity contribution in [2.24, 2.45) is 0 Å². The summed E-state index contributed by atoms with van der Waals surface area (Å²) in [5, 5.41) is 7.20. The number of rotatable bonds is 5. The van der Waals surface area contributed by atoms with E-state index in [1.54, 1.807) is 23.0 Å². The van der Waals surface area contributed by atoms with Gasteiger partial charge in [-0.25, -0.2) is 9.07 Å². The van der Waals surface area contributed by atoms with E-state index in [1.807, 2.05) is 12.1 Å². The maximum absolute atomic E-state index is 13.1. The summed E-state index contributed by atoms with van der Waals surface area (Å²) >= 11 is 3.37. The summed E-state index contributed by atoms with van der Waals surface area (Å²) < 4.78 is 20.7. The molecule has 5 nitrogen and oxygen atoms in total. The van der Waals surface area contributed by atoms with E-state index in [0.29, 0.717) is 22.4 Å². The Kier molecular flexibility index (Phi) is 4.94. The molecule has 3 aromatic rings. The topological polar surface area (TPSA) is 56.1 Å². The Balaban J connectivity index is 1.39. The lowest BCUT2D eigenvalue weighted by molar-refractivity contribution is 0.0948. The highest BCUT2D eigenvalue weighted by molar-refractivity contribution is 9.10. The number of aromatic nitrogens is 2. The predicted octanol–water partition coefficient (Wildman–Crippen LogP) is 3.68. The van der Waals surface area contributed by atoms with Crippen molar-refractivity contribution in [1.82, 2.24) is 15.1 Å². The SMILES string of the molecule is O=C(NCCc1ccc2c(c1)CCO2)c1nn(-c2ccc(F)cc2)cc1Br. The normalized spacial score (nSPS) is 12.5. The molecule has 2 aromatic carbocycles. The molecule has 1 N–H and O–H groups in total. The first kappa shape index (κ1) is 17.7. The van der Waals surface area contributed by atoms with Crippen LogP contribution in [-0.4, -0.2) is 28.8 Å². The molecule has 0 saturated heterocycles. The molecule has 0 unspecified atom stereocenters. The van der Waals surface area contributed by atoms with E-state index < -0.39 is 0 Å². The molecule has 0 spiro atoms. The molecular weight excluding hydrogens is 413 g/mol. The second-order valence-corrected chi connectivity index (χ2v) is 7.15. The number of carbonyl (C=O) groups excluding carboxylic acids is 1. The number of fused-ring (bicyclic) bond motifs is 1. The molecule has 1 aliphatic rings. The summed E-state index contributed by atoms with van der Waals surface area (Å²) in [5.74, 6) is 0.381. The van der Waals surface area contributed by atoms with Gasteiger partial charge in [0.15, 0.2) is 5.69 Å². The lowest BCUT2D eigenvalue weighted by Gasteiger charge is -2.06. The fraction of sp³-hybridized carbons (Fsp3) is 0.200. The molecule has 0 fully saturated rings. The fourth-order valence-corrected chi connectivity index (χ4v) is 3.49. The van der Waals surface area contributed by atoms with Crippen molar-refractivity contribution in [3.05, 3.63) is 75.8 Å². The average molecular weight is 430 g/mol. The first-order valence-corrected chi connectivity index (χ1v) is 9.43. The number of halogens is 2. The van der Waals surface area contributed by atoms with Crippen LogP contribution < -0.4 is 10.1 Å². The third kappa shape index (κ3) is 3.88. The van der Waals surface area contributed by atoms with Crippen LogP contribution in [-0.2, 0) is 12.8 Å². The van der Waals surface area contributed by atoms with Crippen molar-refractivity contribution < 1.29 is 13.9 Å². The molecule has 0 atom stereocenters. The van der Waals surface area contributed by atoms with Crippen LogP contribution >= 0.6 is 15.9 Å². The predicted molar refractivity (Wildman–Crippen MR) is 103 cm³/mol. The second-order valence-electron chi connectivity index (χ2n) is 6.29. The first-order valence-electron chi connectivity index (χ1n) is 8.64. The maximum atomic E-state index is 13.1. The van der Waals surface area contributed by atoms with Crippen molar-refractivity contribution in [1.29, 1.82) is 0 Å². The number of ether oxygens (including phenoxy) is 1. The van der Waals surface area contributed by atoms with Crippen molar-refractivity contribution >= 4 is 21.8 Å². The molecule has 2 heterocycles. The minimum atomic E-state index is -0.318. The van der Waals surface area contributed by atoms with Crippen LogP contribution in [0.5, 0.6) is 5.75 Å². The van der Waals surface area contributed by atoms with E-state index in [1.165, 1.54) is 17.7 Å². The van der Waals surface area contributed by atoms with Gasteiger partial charge in [0.05, 0.1) is 16.8 Å². The average Bonchev–Trinajstić information content (AvgIpc) is 3.28. The van der Waals surface area contributed by atoms with Gasteiger partial charge < -0.3 is 10.1 Å². The largest absolute Gasteiger partial charge is 0.493 e. The zero-order valence-corrected chi connectivity index (χ0v) is 16.0. The maximum Gasteiger partial charge on any atom is 0.272 e. The summed E-state index contributed by atoms with van der Waals surface area (Å²) in [6, 6.07) is 12.1. The van der Waals surface area contributed by atoms with Crippen LogP contribution in [0.2, 0.25) is 0 Å². The third-order valence-electron chi connectivity index (χ3n) is 4.43. The Labute approximate surface area is 164 Å². The lowest BCUT2D eigenvalue weighted by atomic mass is 10.1. The standard InChI is InChI=1S/C20H17BrFN3O2/c21-17-12-25(16-4-2-15(22)3-5-16)24-19(17)20(26)23-9-7-13-1-6-18-14(11-13)8-10-27-18/h1-6,11-12H,7-10H2,(H,23,26). The van der Waals surface area contributed by atoms with Crippen molar-refractivity contribution in [3.8, 4) is 11.4 Å². The van der Waals surface area contributed by atoms with Crippen LogP contribution in [0.15, 0.2) is 53.1 Å². The summed E-state index contributed by atoms with van der Waals surface area (Å²) in [7, 11) is 0. The summed E-state index contributed by atoms with van der Waals surface area (Å²) in [4.78, 5) is 12.4.